The number of aliphatic hydroxyl groups excluding tert-OH is 2. The molecule has 0 unspecified atom stereocenters. The van der Waals surface area contributed by atoms with Crippen LogP contribution in [0.2, 0.25) is 0 Å². The molecule has 0 spiro atoms. The Morgan fingerprint density at radius 1 is 1.03 bits per heavy atom. The third-order valence-corrected chi connectivity index (χ3v) is 5.79. The van der Waals surface area contributed by atoms with Crippen LogP contribution in [0, 0.1) is 6.92 Å². The summed E-state index contributed by atoms with van der Waals surface area (Å²) < 4.78 is 23.2. The van der Waals surface area contributed by atoms with Crippen LogP contribution in [0.15, 0.2) is 85.1 Å². The van der Waals surface area contributed by atoms with E-state index in [1.807, 2.05) is 43.3 Å². The lowest BCUT2D eigenvalue weighted by Crippen LogP contribution is -2.37. The zero-order chi connectivity index (χ0) is 24.4. The fraction of sp³-hybridized carbons (Fsp3) is 0.192. The molecule has 2 aromatic carbocycles. The number of hydrogen-bond acceptors (Lipinski definition) is 8. The number of rotatable bonds is 5. The molecule has 0 saturated heterocycles. The molecular formula is C26H25BN2O6. The Morgan fingerprint density at radius 3 is 2.49 bits per heavy atom. The van der Waals surface area contributed by atoms with Gasteiger partial charge >= 0.3 is 7.12 Å². The van der Waals surface area contributed by atoms with Gasteiger partial charge in [-0.3, -0.25) is 0 Å². The Hall–Kier alpha value is -4.27. The van der Waals surface area contributed by atoms with Crippen LogP contribution in [0.1, 0.15) is 29.2 Å². The second kappa shape index (κ2) is 9.54. The molecule has 0 amide bonds. The highest BCUT2D eigenvalue weighted by Crippen LogP contribution is 2.40. The van der Waals surface area contributed by atoms with Crippen molar-refractivity contribution >= 4 is 12.6 Å². The van der Waals surface area contributed by atoms with Crippen LogP contribution in [-0.4, -0.2) is 34.3 Å². The summed E-state index contributed by atoms with van der Waals surface area (Å²) in [5.41, 5.74) is 3.92. The molecule has 0 saturated carbocycles. The summed E-state index contributed by atoms with van der Waals surface area (Å²) in [6.07, 6.45) is 5.97. The Balaban J connectivity index is 1.29. The van der Waals surface area contributed by atoms with E-state index in [0.717, 1.165) is 35.3 Å². The normalized spacial score (nSPS) is 18.7. The molecule has 5 rings (SSSR count). The fourth-order valence-corrected chi connectivity index (χ4v) is 4.17. The molecule has 2 N–H and O–H groups in total. The number of aromatic nitrogens is 1. The molecule has 9 heteroatoms. The monoisotopic (exact) mass is 472 g/mol. The number of aliphatic hydroxyl groups is 2. The number of fused-ring (bicyclic) bond motifs is 1. The lowest BCUT2D eigenvalue weighted by Gasteiger charge is -2.20. The number of nitrogens with zero attached hydrogens (tertiary/aromatic N) is 2. The third kappa shape index (κ3) is 5.14. The summed E-state index contributed by atoms with van der Waals surface area (Å²) in [6, 6.07) is 17.0. The van der Waals surface area contributed by atoms with Crippen LogP contribution in [-0.2, 0) is 15.7 Å². The highest BCUT2D eigenvalue weighted by atomic mass is 16.7. The van der Waals surface area contributed by atoms with Crippen LogP contribution in [0.5, 0.6) is 17.4 Å². The molecule has 2 aliphatic rings. The summed E-state index contributed by atoms with van der Waals surface area (Å²) in [4.78, 5) is 5.73. The summed E-state index contributed by atoms with van der Waals surface area (Å²) in [7, 11) is 0.619. The minimum atomic E-state index is -1.01. The Morgan fingerprint density at radius 2 is 1.77 bits per heavy atom. The lowest BCUT2D eigenvalue weighted by molar-refractivity contribution is 0.124. The van der Waals surface area contributed by atoms with Crippen molar-refractivity contribution in [3.63, 3.8) is 0 Å². The largest absolute Gasteiger partial charge is 0.636 e. The summed E-state index contributed by atoms with van der Waals surface area (Å²) in [5.74, 6) is 1.40. The van der Waals surface area contributed by atoms with Gasteiger partial charge in [-0.05, 0) is 55.2 Å². The molecular weight excluding hydrogens is 447 g/mol. The van der Waals surface area contributed by atoms with E-state index in [0.29, 0.717) is 17.1 Å². The van der Waals surface area contributed by atoms with E-state index in [9.17, 15) is 10.2 Å². The SMILES string of the molecule is Cc1ccnc(Oc2cccc3c2CC[C@H]3Oc2ccc(B3OC(O)=CN(C)/C=C(/O)O3)cc2)c1. The average molecular weight is 472 g/mol. The van der Waals surface area contributed by atoms with Crippen LogP contribution in [0.4, 0.5) is 0 Å². The van der Waals surface area contributed by atoms with Gasteiger partial charge in [-0.25, -0.2) is 4.98 Å². The molecule has 0 fully saturated rings. The van der Waals surface area contributed by atoms with Gasteiger partial charge < -0.3 is 33.9 Å². The van der Waals surface area contributed by atoms with Crippen molar-refractivity contribution in [2.24, 2.45) is 0 Å². The van der Waals surface area contributed by atoms with Crippen LogP contribution in [0.3, 0.4) is 0 Å². The van der Waals surface area contributed by atoms with Crippen molar-refractivity contribution in [2.75, 3.05) is 7.05 Å². The zero-order valence-corrected chi connectivity index (χ0v) is 19.4. The van der Waals surface area contributed by atoms with Gasteiger partial charge in [0.2, 0.25) is 5.88 Å². The van der Waals surface area contributed by atoms with E-state index in [4.69, 9.17) is 18.8 Å². The molecule has 0 radical (unpaired) electrons. The van der Waals surface area contributed by atoms with Gasteiger partial charge in [-0.15, -0.1) is 0 Å². The van der Waals surface area contributed by atoms with Gasteiger partial charge in [-0.2, -0.15) is 0 Å². The van der Waals surface area contributed by atoms with Crippen molar-refractivity contribution in [3.8, 4) is 17.4 Å². The highest BCUT2D eigenvalue weighted by Gasteiger charge is 2.31. The van der Waals surface area contributed by atoms with E-state index in [1.54, 1.807) is 25.4 Å². The number of pyridine rings is 1. The Labute approximate surface area is 203 Å². The molecule has 0 bridgehead atoms. The van der Waals surface area contributed by atoms with Crippen LogP contribution >= 0.6 is 0 Å². The average Bonchev–Trinajstić information content (AvgIpc) is 3.22. The second-order valence-corrected chi connectivity index (χ2v) is 8.48. The van der Waals surface area contributed by atoms with E-state index in [-0.39, 0.29) is 18.0 Å². The maximum absolute atomic E-state index is 9.94. The van der Waals surface area contributed by atoms with Gasteiger partial charge in [0.15, 0.2) is 0 Å². The van der Waals surface area contributed by atoms with E-state index in [2.05, 4.69) is 11.1 Å². The molecule has 8 nitrogen and oxygen atoms in total. The Bertz CT molecular complexity index is 1260. The first kappa shape index (κ1) is 22.5. The number of hydrogen-bond donors (Lipinski definition) is 2. The van der Waals surface area contributed by atoms with E-state index < -0.39 is 7.12 Å². The van der Waals surface area contributed by atoms with Crippen molar-refractivity contribution in [2.45, 2.75) is 25.9 Å². The van der Waals surface area contributed by atoms with Crippen molar-refractivity contribution in [1.82, 2.24) is 9.88 Å². The first-order chi connectivity index (χ1) is 16.9. The molecule has 2 heterocycles. The van der Waals surface area contributed by atoms with Crippen LogP contribution in [0.25, 0.3) is 0 Å². The van der Waals surface area contributed by atoms with Crippen molar-refractivity contribution < 1.29 is 29.0 Å². The van der Waals surface area contributed by atoms with E-state index >= 15 is 0 Å². The minimum absolute atomic E-state index is 0.103. The molecule has 35 heavy (non-hydrogen) atoms. The third-order valence-electron chi connectivity index (χ3n) is 5.79. The first-order valence-corrected chi connectivity index (χ1v) is 11.3. The quantitative estimate of drug-likeness (QED) is 0.519. The molecule has 1 aliphatic carbocycles. The summed E-state index contributed by atoms with van der Waals surface area (Å²) >= 11 is 0. The van der Waals surface area contributed by atoms with Gasteiger partial charge in [0.1, 0.15) is 17.6 Å². The summed E-state index contributed by atoms with van der Waals surface area (Å²) in [5, 5.41) is 19.9. The number of benzene rings is 2. The van der Waals surface area contributed by atoms with Gasteiger partial charge in [-0.1, -0.05) is 24.3 Å². The maximum atomic E-state index is 9.94. The van der Waals surface area contributed by atoms with E-state index in [1.165, 1.54) is 17.3 Å². The standard InChI is InChI=1S/C26H25BN2O6/c1-17-12-13-28-24(14-17)33-22-5-3-4-20-21(22)10-11-23(20)32-19-8-6-18(7-9-19)27-34-25(30)15-29(2)16-26(31)35-27/h3-9,12-16,23,30-31H,10-11H2,1-2H3/b25-15-,26-16?/t23-/m1/s1. The molecule has 1 aliphatic heterocycles. The highest BCUT2D eigenvalue weighted by molar-refractivity contribution is 6.61. The van der Waals surface area contributed by atoms with Crippen LogP contribution < -0.4 is 14.9 Å². The summed E-state index contributed by atoms with van der Waals surface area (Å²) in [6.45, 7) is 2.01. The second-order valence-electron chi connectivity index (χ2n) is 8.48. The smallest absolute Gasteiger partial charge is 0.494 e. The molecule has 178 valence electrons. The predicted octanol–water partition coefficient (Wildman–Crippen LogP) is 4.64. The van der Waals surface area contributed by atoms with Crippen molar-refractivity contribution in [1.29, 1.82) is 0 Å². The topological polar surface area (TPSA) is 93.5 Å². The molecule has 1 aromatic heterocycles. The van der Waals surface area contributed by atoms with Gasteiger partial charge in [0.05, 0.1) is 12.4 Å². The Kier molecular flexibility index (Phi) is 6.14. The first-order valence-electron chi connectivity index (χ1n) is 11.3. The molecule has 1 atom stereocenters. The molecule has 3 aromatic rings. The van der Waals surface area contributed by atoms with Gasteiger partial charge in [0.25, 0.3) is 11.9 Å². The van der Waals surface area contributed by atoms with Gasteiger partial charge in [0, 0.05) is 30.3 Å². The lowest BCUT2D eigenvalue weighted by atomic mass is 9.79. The zero-order valence-electron chi connectivity index (χ0n) is 19.4. The number of ether oxygens (including phenoxy) is 2. The fourth-order valence-electron chi connectivity index (χ4n) is 4.17. The predicted molar refractivity (Wildman–Crippen MR) is 130 cm³/mol. The van der Waals surface area contributed by atoms with Crippen molar-refractivity contribution in [3.05, 3.63) is 102 Å². The maximum Gasteiger partial charge on any atom is 0.636 e. The number of aryl methyl sites for hydroxylation is 1. The minimum Gasteiger partial charge on any atom is -0.494 e.